The highest BCUT2D eigenvalue weighted by atomic mass is 35.5. The van der Waals surface area contributed by atoms with Gasteiger partial charge in [-0.05, 0) is 6.07 Å². The van der Waals surface area contributed by atoms with Crippen molar-refractivity contribution in [3.05, 3.63) is 34.7 Å². The molecule has 4 heteroatoms. The van der Waals surface area contributed by atoms with Gasteiger partial charge in [0.25, 0.3) is 0 Å². The van der Waals surface area contributed by atoms with E-state index in [1.54, 1.807) is 0 Å². The van der Waals surface area contributed by atoms with E-state index in [9.17, 15) is 4.39 Å². The van der Waals surface area contributed by atoms with E-state index in [4.69, 9.17) is 18.2 Å². The monoisotopic (exact) mass is 156 g/mol. The van der Waals surface area contributed by atoms with Crippen LogP contribution in [-0.2, 0) is 0 Å². The fourth-order valence-corrected chi connectivity index (χ4v) is 0.641. The Bertz CT molecular complexity index is 292. The molecule has 1 heterocycles. The van der Waals surface area contributed by atoms with Crippen LogP contribution in [0.5, 0.6) is 0 Å². The van der Waals surface area contributed by atoms with Crippen LogP contribution in [0, 0.1) is 12.4 Å². The first kappa shape index (κ1) is 6.97. The van der Waals surface area contributed by atoms with E-state index in [-0.39, 0.29) is 10.8 Å². The van der Waals surface area contributed by atoms with Gasteiger partial charge in [-0.15, -0.1) is 0 Å². The van der Waals surface area contributed by atoms with Crippen LogP contribution in [0.3, 0.4) is 0 Å². The third-order valence-electron chi connectivity index (χ3n) is 0.922. The number of aromatic nitrogens is 1. The van der Waals surface area contributed by atoms with Crippen LogP contribution in [-0.4, -0.2) is 4.98 Å². The largest absolute Gasteiger partial charge is 0.244 e. The van der Waals surface area contributed by atoms with Crippen molar-refractivity contribution in [2.45, 2.75) is 0 Å². The number of halogens is 2. The molecule has 0 aliphatic carbocycles. The standard InChI is InChI=1S/C6H2ClFN2/c1-9-5-2-6(7)10-3-4(5)8/h2-3H. The summed E-state index contributed by atoms with van der Waals surface area (Å²) in [4.78, 5) is 6.32. The molecule has 0 aromatic carbocycles. The third kappa shape index (κ3) is 1.23. The molecule has 0 N–H and O–H groups in total. The molecule has 0 saturated heterocycles. The Morgan fingerprint density at radius 2 is 2.40 bits per heavy atom. The highest BCUT2D eigenvalue weighted by Crippen LogP contribution is 2.19. The minimum atomic E-state index is -0.639. The average molecular weight is 157 g/mol. The lowest BCUT2D eigenvalue weighted by Gasteiger charge is -1.90. The van der Waals surface area contributed by atoms with E-state index in [1.807, 2.05) is 0 Å². The normalized spacial score (nSPS) is 8.90. The highest BCUT2D eigenvalue weighted by molar-refractivity contribution is 6.29. The molecule has 1 aromatic rings. The van der Waals surface area contributed by atoms with Crippen LogP contribution in [0.1, 0.15) is 0 Å². The maximum Gasteiger partial charge on any atom is 0.226 e. The highest BCUT2D eigenvalue weighted by Gasteiger charge is 2.01. The van der Waals surface area contributed by atoms with Gasteiger partial charge in [-0.25, -0.2) is 14.2 Å². The molecule has 0 aliphatic heterocycles. The van der Waals surface area contributed by atoms with E-state index in [0.29, 0.717) is 0 Å². The molecule has 0 saturated carbocycles. The zero-order valence-corrected chi connectivity index (χ0v) is 5.56. The van der Waals surface area contributed by atoms with Gasteiger partial charge < -0.3 is 0 Å². The van der Waals surface area contributed by atoms with Crippen molar-refractivity contribution in [3.63, 3.8) is 0 Å². The Kier molecular flexibility index (Phi) is 1.83. The Morgan fingerprint density at radius 3 is 2.90 bits per heavy atom. The number of nitrogens with zero attached hydrogens (tertiary/aromatic N) is 2. The molecule has 0 aliphatic rings. The minimum absolute atomic E-state index is 0.0972. The predicted octanol–water partition coefficient (Wildman–Crippen LogP) is 2.42. The first-order chi connectivity index (χ1) is 4.74. The van der Waals surface area contributed by atoms with Gasteiger partial charge in [0.2, 0.25) is 5.69 Å². The smallest absolute Gasteiger partial charge is 0.226 e. The van der Waals surface area contributed by atoms with E-state index < -0.39 is 5.82 Å². The molecule has 0 atom stereocenters. The lowest BCUT2D eigenvalue weighted by atomic mass is 10.4. The van der Waals surface area contributed by atoms with Gasteiger partial charge >= 0.3 is 0 Å². The fraction of sp³-hybridized carbons (Fsp3) is 0. The molecule has 1 aromatic heterocycles. The molecule has 1 rings (SSSR count). The van der Waals surface area contributed by atoms with E-state index >= 15 is 0 Å². The molecular formula is C6H2ClFN2. The number of pyridine rings is 1. The Morgan fingerprint density at radius 1 is 1.70 bits per heavy atom. The van der Waals surface area contributed by atoms with Crippen molar-refractivity contribution < 1.29 is 4.39 Å². The summed E-state index contributed by atoms with van der Waals surface area (Å²) in [5.41, 5.74) is -0.0972. The number of hydrogen-bond donors (Lipinski definition) is 0. The molecule has 50 valence electrons. The van der Waals surface area contributed by atoms with Gasteiger partial charge in [-0.3, -0.25) is 0 Å². The molecular weight excluding hydrogens is 155 g/mol. The van der Waals surface area contributed by atoms with Gasteiger partial charge in [0.05, 0.1) is 12.8 Å². The summed E-state index contributed by atoms with van der Waals surface area (Å²) < 4.78 is 12.4. The fourth-order valence-electron chi connectivity index (χ4n) is 0.489. The van der Waals surface area contributed by atoms with E-state index in [2.05, 4.69) is 9.83 Å². The topological polar surface area (TPSA) is 17.2 Å². The van der Waals surface area contributed by atoms with Crippen LogP contribution < -0.4 is 0 Å². The average Bonchev–Trinajstić information content (AvgIpc) is 1.94. The van der Waals surface area contributed by atoms with Crippen molar-refractivity contribution in [1.82, 2.24) is 4.98 Å². The predicted molar refractivity (Wildman–Crippen MR) is 35.5 cm³/mol. The lowest BCUT2D eigenvalue weighted by molar-refractivity contribution is 0.627. The summed E-state index contributed by atoms with van der Waals surface area (Å²) >= 11 is 5.37. The van der Waals surface area contributed by atoms with Gasteiger partial charge in [0, 0.05) is 0 Å². The molecule has 0 unspecified atom stereocenters. The van der Waals surface area contributed by atoms with Crippen molar-refractivity contribution in [2.24, 2.45) is 0 Å². The zero-order chi connectivity index (χ0) is 7.56. The molecule has 2 nitrogen and oxygen atoms in total. The van der Waals surface area contributed by atoms with Gasteiger partial charge in [0.1, 0.15) is 11.0 Å². The molecule has 10 heavy (non-hydrogen) atoms. The minimum Gasteiger partial charge on any atom is -0.244 e. The zero-order valence-electron chi connectivity index (χ0n) is 4.81. The summed E-state index contributed by atoms with van der Waals surface area (Å²) in [6.45, 7) is 6.48. The Balaban J connectivity index is 3.25. The molecule has 0 amide bonds. The first-order valence-electron chi connectivity index (χ1n) is 2.42. The second-order valence-corrected chi connectivity index (χ2v) is 1.96. The summed E-state index contributed by atoms with van der Waals surface area (Å²) in [6, 6.07) is 1.18. The van der Waals surface area contributed by atoms with Gasteiger partial charge in [-0.2, -0.15) is 0 Å². The maximum absolute atomic E-state index is 12.4. The summed E-state index contributed by atoms with van der Waals surface area (Å²) in [6.07, 6.45) is 0.926. The van der Waals surface area contributed by atoms with Crippen molar-refractivity contribution in [3.8, 4) is 0 Å². The van der Waals surface area contributed by atoms with Crippen LogP contribution in [0.4, 0.5) is 10.1 Å². The number of rotatable bonds is 0. The summed E-state index contributed by atoms with van der Waals surface area (Å²) in [5, 5.41) is 0.132. The summed E-state index contributed by atoms with van der Waals surface area (Å²) in [7, 11) is 0. The van der Waals surface area contributed by atoms with Crippen molar-refractivity contribution >= 4 is 17.3 Å². The van der Waals surface area contributed by atoms with Crippen LogP contribution in [0.15, 0.2) is 12.3 Å². The third-order valence-corrected chi connectivity index (χ3v) is 1.13. The molecule has 0 bridgehead atoms. The van der Waals surface area contributed by atoms with Gasteiger partial charge in [0.15, 0.2) is 0 Å². The Hall–Kier alpha value is -1.14. The molecule has 0 radical (unpaired) electrons. The Labute approximate surface area is 62.1 Å². The second-order valence-electron chi connectivity index (χ2n) is 1.57. The number of hydrogen-bond acceptors (Lipinski definition) is 1. The first-order valence-corrected chi connectivity index (χ1v) is 2.80. The second kappa shape index (κ2) is 2.63. The van der Waals surface area contributed by atoms with E-state index in [0.717, 1.165) is 6.20 Å². The SMILES string of the molecule is [C-]#[N+]c1cc(Cl)ncc1F. The molecule has 0 fully saturated rings. The summed E-state index contributed by atoms with van der Waals surface area (Å²) in [5.74, 6) is -0.639. The quantitative estimate of drug-likeness (QED) is 0.417. The van der Waals surface area contributed by atoms with Crippen molar-refractivity contribution in [2.75, 3.05) is 0 Å². The van der Waals surface area contributed by atoms with Crippen LogP contribution >= 0.6 is 11.6 Å². The van der Waals surface area contributed by atoms with Gasteiger partial charge in [-0.1, -0.05) is 11.6 Å². The van der Waals surface area contributed by atoms with Crippen LogP contribution in [0.25, 0.3) is 4.85 Å². The van der Waals surface area contributed by atoms with Crippen LogP contribution in [0.2, 0.25) is 5.15 Å². The lowest BCUT2D eigenvalue weighted by Crippen LogP contribution is -1.77. The van der Waals surface area contributed by atoms with E-state index in [1.165, 1.54) is 6.07 Å². The molecule has 0 spiro atoms. The van der Waals surface area contributed by atoms with Crippen molar-refractivity contribution in [1.29, 1.82) is 0 Å². The maximum atomic E-state index is 12.4.